The zero-order valence-corrected chi connectivity index (χ0v) is 19.4. The largest absolute Gasteiger partial charge is 0.496 e. The molecule has 0 saturated heterocycles. The molecule has 0 saturated carbocycles. The molecule has 2 aliphatic rings. The van der Waals surface area contributed by atoms with E-state index in [1.807, 2.05) is 45.0 Å². The monoisotopic (exact) mass is 442 g/mol. The predicted molar refractivity (Wildman–Crippen MR) is 121 cm³/mol. The van der Waals surface area contributed by atoms with Gasteiger partial charge in [-0.15, -0.1) is 0 Å². The molecule has 0 fully saturated rings. The van der Waals surface area contributed by atoms with Crippen molar-refractivity contribution in [3.05, 3.63) is 41.0 Å². The van der Waals surface area contributed by atoms with Crippen molar-refractivity contribution in [2.24, 2.45) is 0 Å². The first kappa shape index (κ1) is 22.1. The molecule has 2 heterocycles. The molecule has 0 bridgehead atoms. The lowest BCUT2D eigenvalue weighted by atomic mass is 9.88. The Kier molecular flexibility index (Phi) is 5.86. The van der Waals surface area contributed by atoms with Crippen LogP contribution in [0.15, 0.2) is 24.3 Å². The van der Waals surface area contributed by atoms with Gasteiger partial charge in [0.2, 0.25) is 0 Å². The van der Waals surface area contributed by atoms with Crippen LogP contribution < -0.4 is 23.7 Å². The van der Waals surface area contributed by atoms with Crippen LogP contribution in [0.5, 0.6) is 28.7 Å². The Labute approximate surface area is 188 Å². The van der Waals surface area contributed by atoms with Crippen LogP contribution in [0, 0.1) is 0 Å². The van der Waals surface area contributed by atoms with Gasteiger partial charge in [0.25, 0.3) is 0 Å². The summed E-state index contributed by atoms with van der Waals surface area (Å²) in [4.78, 5) is 0. The van der Waals surface area contributed by atoms with E-state index in [0.717, 1.165) is 28.0 Å². The maximum absolute atomic E-state index is 10.6. The Morgan fingerprint density at radius 1 is 1.00 bits per heavy atom. The highest BCUT2D eigenvalue weighted by Gasteiger charge is 2.39. The van der Waals surface area contributed by atoms with Crippen LogP contribution in [0.2, 0.25) is 0 Å². The van der Waals surface area contributed by atoms with Gasteiger partial charge in [-0.05, 0) is 39.0 Å². The lowest BCUT2D eigenvalue weighted by molar-refractivity contribution is -0.0417. The first-order valence-corrected chi connectivity index (χ1v) is 10.7. The molecule has 2 aromatic rings. The predicted octanol–water partition coefficient (Wildman–Crippen LogP) is 4.08. The van der Waals surface area contributed by atoms with Gasteiger partial charge in [-0.1, -0.05) is 0 Å². The van der Waals surface area contributed by atoms with Gasteiger partial charge in [-0.2, -0.15) is 0 Å². The van der Waals surface area contributed by atoms with E-state index in [1.54, 1.807) is 21.3 Å². The second kappa shape index (κ2) is 8.47. The summed E-state index contributed by atoms with van der Waals surface area (Å²) in [5.41, 5.74) is 2.64. The first-order chi connectivity index (χ1) is 15.3. The average molecular weight is 443 g/mol. The summed E-state index contributed by atoms with van der Waals surface area (Å²) in [5.74, 6) is 3.90. The molecule has 1 unspecified atom stereocenters. The number of hydrogen-bond acceptors (Lipinski definition) is 7. The molecule has 0 spiro atoms. The number of hydrogen-bond donors (Lipinski definition) is 1. The highest BCUT2D eigenvalue weighted by molar-refractivity contribution is 5.94. The van der Waals surface area contributed by atoms with Crippen LogP contribution in [0.25, 0.3) is 11.3 Å². The number of methoxy groups -OCH3 is 3. The summed E-state index contributed by atoms with van der Waals surface area (Å²) in [5, 5.41) is 10.6. The number of benzene rings is 2. The fourth-order valence-electron chi connectivity index (χ4n) is 4.21. The minimum absolute atomic E-state index is 0.266. The molecule has 172 valence electrons. The van der Waals surface area contributed by atoms with Crippen molar-refractivity contribution in [3.63, 3.8) is 0 Å². The summed E-state index contributed by atoms with van der Waals surface area (Å²) in [6.45, 7) is 6.45. The fraction of sp³-hybridized carbons (Fsp3) is 0.440. The SMILES string of the molecule is CCOc1cc(OC)c(OC)cc1C1=C(OC)c2ccc3c(c2OC1)CC(O)C(C)(C)O3. The molecular formula is C25H30O7. The third-order valence-corrected chi connectivity index (χ3v) is 5.98. The maximum Gasteiger partial charge on any atom is 0.164 e. The smallest absolute Gasteiger partial charge is 0.164 e. The Bertz CT molecular complexity index is 1050. The van der Waals surface area contributed by atoms with Gasteiger partial charge in [0.05, 0.1) is 39.6 Å². The number of aliphatic hydroxyl groups is 1. The Balaban J connectivity index is 1.88. The molecule has 0 aliphatic carbocycles. The maximum atomic E-state index is 10.6. The van der Waals surface area contributed by atoms with Gasteiger partial charge in [0, 0.05) is 29.2 Å². The molecule has 4 rings (SSSR count). The second-order valence-corrected chi connectivity index (χ2v) is 8.28. The molecule has 7 heteroatoms. The lowest BCUT2D eigenvalue weighted by Crippen LogP contribution is -2.46. The van der Waals surface area contributed by atoms with E-state index in [2.05, 4.69) is 0 Å². The number of ether oxygens (including phenoxy) is 6. The van der Waals surface area contributed by atoms with Gasteiger partial charge in [-0.25, -0.2) is 0 Å². The second-order valence-electron chi connectivity index (χ2n) is 8.28. The van der Waals surface area contributed by atoms with Crippen molar-refractivity contribution in [1.29, 1.82) is 0 Å². The van der Waals surface area contributed by atoms with E-state index in [4.69, 9.17) is 28.4 Å². The summed E-state index contributed by atoms with van der Waals surface area (Å²) < 4.78 is 35.0. The van der Waals surface area contributed by atoms with E-state index >= 15 is 0 Å². The van der Waals surface area contributed by atoms with Gasteiger partial charge in [-0.3, -0.25) is 0 Å². The highest BCUT2D eigenvalue weighted by atomic mass is 16.5. The zero-order valence-electron chi connectivity index (χ0n) is 19.4. The minimum atomic E-state index is -0.660. The number of fused-ring (bicyclic) bond motifs is 3. The highest BCUT2D eigenvalue weighted by Crippen LogP contribution is 2.48. The molecule has 1 N–H and O–H groups in total. The molecule has 0 radical (unpaired) electrons. The van der Waals surface area contributed by atoms with Gasteiger partial charge in [0.1, 0.15) is 35.2 Å². The molecule has 2 aliphatic heterocycles. The molecule has 2 aromatic carbocycles. The third kappa shape index (κ3) is 3.60. The van der Waals surface area contributed by atoms with E-state index < -0.39 is 11.7 Å². The van der Waals surface area contributed by atoms with E-state index in [-0.39, 0.29) is 6.61 Å². The van der Waals surface area contributed by atoms with Gasteiger partial charge < -0.3 is 33.5 Å². The fourth-order valence-corrected chi connectivity index (χ4v) is 4.21. The van der Waals surface area contributed by atoms with E-state index in [0.29, 0.717) is 41.8 Å². The van der Waals surface area contributed by atoms with Gasteiger partial charge in [0.15, 0.2) is 11.5 Å². The standard InChI is InChI=1S/C25H30O7/c1-7-30-19-12-21(28-5)20(27-4)10-15(19)17-13-31-24-14(23(17)29-6)8-9-18-16(24)11-22(26)25(2,3)32-18/h8-10,12,22,26H,7,11,13H2,1-6H3. The summed E-state index contributed by atoms with van der Waals surface area (Å²) in [6, 6.07) is 7.53. The van der Waals surface area contributed by atoms with Crippen LogP contribution in [0.1, 0.15) is 37.5 Å². The minimum Gasteiger partial charge on any atom is -0.496 e. The molecule has 0 aromatic heterocycles. The number of aliphatic hydroxyl groups excluding tert-OH is 1. The Morgan fingerprint density at radius 2 is 1.72 bits per heavy atom. The quantitative estimate of drug-likeness (QED) is 0.722. The average Bonchev–Trinajstić information content (AvgIpc) is 2.78. The van der Waals surface area contributed by atoms with Gasteiger partial charge >= 0.3 is 0 Å². The van der Waals surface area contributed by atoms with Crippen molar-refractivity contribution < 1.29 is 33.5 Å². The van der Waals surface area contributed by atoms with Crippen molar-refractivity contribution in [1.82, 2.24) is 0 Å². The Morgan fingerprint density at radius 3 is 2.38 bits per heavy atom. The van der Waals surface area contributed by atoms with Crippen molar-refractivity contribution in [3.8, 4) is 28.7 Å². The van der Waals surface area contributed by atoms with Crippen LogP contribution in [-0.4, -0.2) is 51.4 Å². The lowest BCUT2D eigenvalue weighted by Gasteiger charge is -2.38. The summed E-state index contributed by atoms with van der Waals surface area (Å²) in [7, 11) is 4.83. The number of rotatable bonds is 6. The van der Waals surface area contributed by atoms with E-state index in [9.17, 15) is 5.11 Å². The van der Waals surface area contributed by atoms with Crippen molar-refractivity contribution in [2.75, 3.05) is 34.5 Å². The molecule has 1 atom stereocenters. The topological polar surface area (TPSA) is 75.6 Å². The van der Waals surface area contributed by atoms with Crippen LogP contribution >= 0.6 is 0 Å². The first-order valence-electron chi connectivity index (χ1n) is 10.7. The molecule has 32 heavy (non-hydrogen) atoms. The van der Waals surface area contributed by atoms with E-state index in [1.165, 1.54) is 0 Å². The van der Waals surface area contributed by atoms with Crippen molar-refractivity contribution in [2.45, 2.75) is 38.9 Å². The molecular weight excluding hydrogens is 412 g/mol. The van der Waals surface area contributed by atoms with Crippen molar-refractivity contribution >= 4 is 11.3 Å². The molecule has 0 amide bonds. The summed E-state index contributed by atoms with van der Waals surface area (Å²) >= 11 is 0. The summed E-state index contributed by atoms with van der Waals surface area (Å²) in [6.07, 6.45) is -0.199. The van der Waals surface area contributed by atoms with Crippen LogP contribution in [0.3, 0.4) is 0 Å². The normalized spacial score (nSPS) is 18.7. The zero-order chi connectivity index (χ0) is 23.0. The Hall–Kier alpha value is -3.06. The van der Waals surface area contributed by atoms with Crippen LogP contribution in [0.4, 0.5) is 0 Å². The third-order valence-electron chi connectivity index (χ3n) is 5.98. The molecule has 7 nitrogen and oxygen atoms in total. The van der Waals surface area contributed by atoms with Crippen LogP contribution in [-0.2, 0) is 11.2 Å².